The molecular weight excluding hydrogens is 385 g/mol. The summed E-state index contributed by atoms with van der Waals surface area (Å²) in [6, 6.07) is 6.74. The number of hydrogen-bond donors (Lipinski definition) is 3. The number of alkyl halides is 3. The van der Waals surface area contributed by atoms with Gasteiger partial charge < -0.3 is 25.0 Å². The molecule has 1 aromatic carbocycles. The highest BCUT2D eigenvalue weighted by Gasteiger charge is 2.65. The highest BCUT2D eigenvalue weighted by molar-refractivity contribution is 8.14. The van der Waals surface area contributed by atoms with E-state index in [1.54, 1.807) is 37.2 Å². The van der Waals surface area contributed by atoms with Crippen LogP contribution in [0.5, 0.6) is 0 Å². The fourth-order valence-corrected chi connectivity index (χ4v) is 4.37. The highest BCUT2D eigenvalue weighted by Crippen LogP contribution is 2.45. The van der Waals surface area contributed by atoms with Crippen LogP contribution in [0, 0.1) is 0 Å². The van der Waals surface area contributed by atoms with E-state index in [9.17, 15) is 28.5 Å². The first kappa shape index (κ1) is 20.4. The van der Waals surface area contributed by atoms with Crippen molar-refractivity contribution in [3.63, 3.8) is 0 Å². The molecule has 150 valence electrons. The molecule has 1 aromatic rings. The molecule has 0 saturated carbocycles. The second kappa shape index (κ2) is 7.25. The van der Waals surface area contributed by atoms with E-state index in [1.807, 2.05) is 0 Å². The van der Waals surface area contributed by atoms with E-state index >= 15 is 0 Å². The van der Waals surface area contributed by atoms with E-state index in [1.165, 1.54) is 12.1 Å². The van der Waals surface area contributed by atoms with Gasteiger partial charge in [0, 0.05) is 20.5 Å². The number of hydrogen-bond acceptors (Lipinski definition) is 7. The van der Waals surface area contributed by atoms with Crippen LogP contribution in [-0.2, 0) is 11.2 Å². The second-order valence-corrected chi connectivity index (χ2v) is 7.97. The summed E-state index contributed by atoms with van der Waals surface area (Å²) in [5.74, 6) is 0. The van der Waals surface area contributed by atoms with Gasteiger partial charge in [0.05, 0.1) is 0 Å². The number of fused-ring (bicyclic) bond motifs is 1. The molecule has 2 heterocycles. The topological polar surface area (TPSA) is 85.5 Å². The van der Waals surface area contributed by atoms with Gasteiger partial charge in [-0.15, -0.1) is 0 Å². The molecule has 0 amide bonds. The minimum atomic E-state index is -5.09. The van der Waals surface area contributed by atoms with Gasteiger partial charge in [0.15, 0.2) is 10.8 Å². The van der Waals surface area contributed by atoms with Gasteiger partial charge in [0.1, 0.15) is 29.8 Å². The summed E-state index contributed by atoms with van der Waals surface area (Å²) in [5.41, 5.74) is -4.08. The molecule has 0 aromatic heterocycles. The Morgan fingerprint density at radius 2 is 1.78 bits per heavy atom. The third-order valence-electron chi connectivity index (χ3n) is 4.71. The molecule has 0 bridgehead atoms. The number of aliphatic imine (C=N–C) groups is 1. The molecule has 0 radical (unpaired) electrons. The molecule has 27 heavy (non-hydrogen) atoms. The van der Waals surface area contributed by atoms with Crippen LogP contribution >= 0.6 is 11.8 Å². The number of ether oxygens (including phenoxy) is 1. The van der Waals surface area contributed by atoms with E-state index in [4.69, 9.17) is 4.74 Å². The van der Waals surface area contributed by atoms with E-state index in [-0.39, 0.29) is 5.56 Å². The highest BCUT2D eigenvalue weighted by atomic mass is 32.2. The van der Waals surface area contributed by atoms with Crippen molar-refractivity contribution in [2.75, 3.05) is 14.1 Å². The van der Waals surface area contributed by atoms with Crippen molar-refractivity contribution >= 4 is 16.9 Å². The lowest BCUT2D eigenvalue weighted by atomic mass is 9.81. The summed E-state index contributed by atoms with van der Waals surface area (Å²) in [5, 5.41) is 31.8. The quantitative estimate of drug-likeness (QED) is 0.695. The number of aliphatic hydroxyl groups is 3. The Hall–Kier alpha value is -1.33. The molecule has 6 nitrogen and oxygen atoms in total. The monoisotopic (exact) mass is 406 g/mol. The van der Waals surface area contributed by atoms with Crippen LogP contribution < -0.4 is 0 Å². The smallest absolute Gasteiger partial charge is 0.388 e. The first-order chi connectivity index (χ1) is 12.5. The zero-order valence-electron chi connectivity index (χ0n) is 14.7. The Bertz CT molecular complexity index is 703. The summed E-state index contributed by atoms with van der Waals surface area (Å²) in [7, 11) is 3.40. The summed E-state index contributed by atoms with van der Waals surface area (Å²) in [4.78, 5) is 5.85. The number of amidine groups is 1. The molecule has 6 atom stereocenters. The Labute approximate surface area is 158 Å². The standard InChI is InChI=1S/C17H21F3N2O4S/c1-22(2)15-21-10-11(23)12(24)13(26-14(10)27-15)16(25,17(18,19)20)8-9-6-4-3-5-7-9/h3-7,10-14,23-25H,8H2,1-2H3/t10-,11-,12+,13?,14-,16?/m1/s1. The molecule has 1 fully saturated rings. The van der Waals surface area contributed by atoms with Gasteiger partial charge in [0.25, 0.3) is 0 Å². The Balaban J connectivity index is 1.92. The third-order valence-corrected chi connectivity index (χ3v) is 6.01. The molecule has 0 aliphatic carbocycles. The lowest BCUT2D eigenvalue weighted by Crippen LogP contribution is -2.68. The normalized spacial score (nSPS) is 33.2. The van der Waals surface area contributed by atoms with Gasteiger partial charge in [-0.05, 0) is 5.56 Å². The van der Waals surface area contributed by atoms with E-state index in [0.29, 0.717) is 5.17 Å². The summed E-state index contributed by atoms with van der Waals surface area (Å²) in [6.45, 7) is 0. The zero-order chi connectivity index (χ0) is 20.0. The van der Waals surface area contributed by atoms with Crippen molar-refractivity contribution in [2.24, 2.45) is 4.99 Å². The number of nitrogens with zero attached hydrogens (tertiary/aromatic N) is 2. The van der Waals surface area contributed by atoms with E-state index < -0.39 is 48.0 Å². The number of rotatable bonds is 3. The average molecular weight is 406 g/mol. The summed E-state index contributed by atoms with van der Waals surface area (Å²) >= 11 is 1.05. The molecule has 3 N–H and O–H groups in total. The lowest BCUT2D eigenvalue weighted by molar-refractivity contribution is -0.323. The zero-order valence-corrected chi connectivity index (χ0v) is 15.5. The van der Waals surface area contributed by atoms with Crippen LogP contribution in [0.1, 0.15) is 5.56 Å². The molecular formula is C17H21F3N2O4S. The number of aliphatic hydroxyl groups excluding tert-OH is 2. The van der Waals surface area contributed by atoms with Crippen LogP contribution in [0.2, 0.25) is 0 Å². The SMILES string of the molecule is CN(C)C1=N[C@@H]2[C@@H](O)[C@H](O)C(C(O)(Cc3ccccc3)C(F)(F)F)O[C@@H]2S1. The van der Waals surface area contributed by atoms with Crippen molar-refractivity contribution in [3.05, 3.63) is 35.9 Å². The maximum atomic E-state index is 13.9. The average Bonchev–Trinajstić information content (AvgIpc) is 3.02. The van der Waals surface area contributed by atoms with Gasteiger partial charge in [-0.1, -0.05) is 42.1 Å². The second-order valence-electron chi connectivity index (χ2n) is 6.91. The molecule has 1 saturated heterocycles. The summed E-state index contributed by atoms with van der Waals surface area (Å²) < 4.78 is 47.1. The first-order valence-electron chi connectivity index (χ1n) is 8.31. The maximum absolute atomic E-state index is 13.9. The fraction of sp³-hybridized carbons (Fsp3) is 0.588. The summed E-state index contributed by atoms with van der Waals surface area (Å²) in [6.07, 6.45) is -11.5. The molecule has 2 aliphatic rings. The van der Waals surface area contributed by atoms with Gasteiger partial charge in [-0.25, -0.2) is 0 Å². The molecule has 10 heteroatoms. The molecule has 2 unspecified atom stereocenters. The van der Waals surface area contributed by atoms with Crippen molar-refractivity contribution in [3.8, 4) is 0 Å². The molecule has 3 rings (SSSR count). The van der Waals surface area contributed by atoms with E-state index in [2.05, 4.69) is 4.99 Å². The van der Waals surface area contributed by atoms with Crippen molar-refractivity contribution in [2.45, 2.75) is 48.0 Å². The van der Waals surface area contributed by atoms with E-state index in [0.717, 1.165) is 11.8 Å². The van der Waals surface area contributed by atoms with Crippen molar-refractivity contribution in [1.82, 2.24) is 4.90 Å². The third kappa shape index (κ3) is 3.68. The van der Waals surface area contributed by atoms with Gasteiger partial charge in [-0.2, -0.15) is 13.2 Å². The lowest BCUT2D eigenvalue weighted by Gasteiger charge is -2.46. The minimum absolute atomic E-state index is 0.231. The van der Waals surface area contributed by atoms with Gasteiger partial charge in [-0.3, -0.25) is 4.99 Å². The Morgan fingerprint density at radius 1 is 1.15 bits per heavy atom. The number of benzene rings is 1. The Morgan fingerprint density at radius 3 is 2.33 bits per heavy atom. The predicted molar refractivity (Wildman–Crippen MR) is 94.3 cm³/mol. The number of halogens is 3. The van der Waals surface area contributed by atoms with Gasteiger partial charge >= 0.3 is 6.18 Å². The first-order valence-corrected chi connectivity index (χ1v) is 9.19. The van der Waals surface area contributed by atoms with Crippen molar-refractivity contribution < 1.29 is 33.2 Å². The Kier molecular flexibility index (Phi) is 5.48. The van der Waals surface area contributed by atoms with Crippen LogP contribution in [0.15, 0.2) is 35.3 Å². The maximum Gasteiger partial charge on any atom is 0.420 e. The van der Waals surface area contributed by atoms with Crippen LogP contribution in [0.25, 0.3) is 0 Å². The molecule has 2 aliphatic heterocycles. The minimum Gasteiger partial charge on any atom is -0.388 e. The van der Waals surface area contributed by atoms with Gasteiger partial charge in [0.2, 0.25) is 0 Å². The van der Waals surface area contributed by atoms with Crippen LogP contribution in [0.4, 0.5) is 13.2 Å². The predicted octanol–water partition coefficient (Wildman–Crippen LogP) is 1.00. The fourth-order valence-electron chi connectivity index (χ4n) is 3.23. The largest absolute Gasteiger partial charge is 0.420 e. The van der Waals surface area contributed by atoms with Crippen LogP contribution in [-0.4, -0.2) is 81.0 Å². The van der Waals surface area contributed by atoms with Crippen LogP contribution in [0.3, 0.4) is 0 Å². The number of thioether (sulfide) groups is 1. The van der Waals surface area contributed by atoms with Crippen molar-refractivity contribution in [1.29, 1.82) is 0 Å². The molecule has 0 spiro atoms.